The summed E-state index contributed by atoms with van der Waals surface area (Å²) >= 11 is 1.50. The summed E-state index contributed by atoms with van der Waals surface area (Å²) in [7, 11) is 2.10. The molecule has 0 saturated carbocycles. The number of hydrogen-bond donors (Lipinski definition) is 0. The second-order valence-corrected chi connectivity index (χ2v) is 8.41. The molecule has 28 heavy (non-hydrogen) atoms. The fraction of sp³-hybridized carbons (Fsp3) is 0.167. The van der Waals surface area contributed by atoms with Crippen molar-refractivity contribution in [3.05, 3.63) is 74.9 Å². The van der Waals surface area contributed by atoms with Gasteiger partial charge in [-0.2, -0.15) is 10.5 Å². The number of hydrogen-bond acceptors (Lipinski definition) is 4. The first-order valence-corrected chi connectivity index (χ1v) is 9.88. The average molecular weight is 382 g/mol. The highest BCUT2D eigenvalue weighted by molar-refractivity contribution is 7.09. The van der Waals surface area contributed by atoms with Crippen molar-refractivity contribution in [2.45, 2.75) is 19.3 Å². The van der Waals surface area contributed by atoms with Crippen LogP contribution in [0.3, 0.4) is 0 Å². The van der Waals surface area contributed by atoms with E-state index in [1.54, 1.807) is 0 Å². The Labute approximate surface area is 168 Å². The van der Waals surface area contributed by atoms with Gasteiger partial charge in [-0.15, -0.1) is 11.3 Å². The predicted molar refractivity (Wildman–Crippen MR) is 116 cm³/mol. The normalized spacial score (nSPS) is 16.8. The number of likely N-dealkylation sites (N-methyl/N-ethyl adjacent to an activating group) is 1. The zero-order chi connectivity index (χ0) is 19.9. The summed E-state index contributed by atoms with van der Waals surface area (Å²) in [6, 6.07) is 20.5. The summed E-state index contributed by atoms with van der Waals surface area (Å²) in [5.74, 6) is 0. The van der Waals surface area contributed by atoms with E-state index in [0.717, 1.165) is 19.8 Å². The number of benzene rings is 2. The fourth-order valence-corrected chi connectivity index (χ4v) is 5.13. The van der Waals surface area contributed by atoms with Crippen molar-refractivity contribution in [3.8, 4) is 12.1 Å². The summed E-state index contributed by atoms with van der Waals surface area (Å²) in [4.78, 5) is 2.24. The SMILES string of the molecule is CN1/C(=C\C=c2/sc(=C(C#N)C#N)c3ccccc23)C(C)(C)c2ccccc21. The van der Waals surface area contributed by atoms with E-state index in [0.29, 0.717) is 0 Å². The van der Waals surface area contributed by atoms with E-state index in [9.17, 15) is 10.5 Å². The largest absolute Gasteiger partial charge is 0.347 e. The first kappa shape index (κ1) is 18.0. The minimum absolute atomic E-state index is 0.0890. The molecule has 0 bridgehead atoms. The monoisotopic (exact) mass is 381 g/mol. The van der Waals surface area contributed by atoms with Crippen molar-refractivity contribution in [1.29, 1.82) is 10.5 Å². The second kappa shape index (κ2) is 6.68. The molecule has 0 radical (unpaired) electrons. The van der Waals surface area contributed by atoms with Crippen LogP contribution in [0.25, 0.3) is 22.4 Å². The maximum absolute atomic E-state index is 9.32. The van der Waals surface area contributed by atoms with Crippen LogP contribution in [-0.2, 0) is 5.41 Å². The van der Waals surface area contributed by atoms with Gasteiger partial charge in [0, 0.05) is 39.2 Å². The van der Waals surface area contributed by atoms with E-state index in [1.807, 2.05) is 36.4 Å². The third-order valence-electron chi connectivity index (χ3n) is 5.43. The molecule has 3 aromatic rings. The van der Waals surface area contributed by atoms with Gasteiger partial charge >= 0.3 is 0 Å². The number of nitriles is 2. The summed E-state index contributed by atoms with van der Waals surface area (Å²) in [6.07, 6.45) is 4.28. The molecule has 0 aliphatic carbocycles. The summed E-state index contributed by atoms with van der Waals surface area (Å²) in [6.45, 7) is 4.48. The Kier molecular flexibility index (Phi) is 4.30. The molecule has 4 heteroatoms. The Morgan fingerprint density at radius 1 is 0.964 bits per heavy atom. The Morgan fingerprint density at radius 2 is 1.61 bits per heavy atom. The highest BCUT2D eigenvalue weighted by Gasteiger charge is 2.37. The smallest absolute Gasteiger partial charge is 0.147 e. The van der Waals surface area contributed by atoms with Crippen LogP contribution >= 0.6 is 11.3 Å². The third kappa shape index (κ3) is 2.62. The quantitative estimate of drug-likeness (QED) is 0.635. The molecular weight excluding hydrogens is 362 g/mol. The van der Waals surface area contributed by atoms with Crippen molar-refractivity contribution < 1.29 is 0 Å². The molecule has 3 nitrogen and oxygen atoms in total. The van der Waals surface area contributed by atoms with Crippen LogP contribution in [0.15, 0.2) is 60.3 Å². The number of fused-ring (bicyclic) bond motifs is 2. The van der Waals surface area contributed by atoms with Gasteiger partial charge in [-0.25, -0.2) is 0 Å². The van der Waals surface area contributed by atoms with Gasteiger partial charge in [-0.1, -0.05) is 56.3 Å². The summed E-state index contributed by atoms with van der Waals surface area (Å²) < 4.78 is 1.80. The molecule has 0 unspecified atom stereocenters. The molecule has 0 N–H and O–H groups in total. The Bertz CT molecular complexity index is 1310. The van der Waals surface area contributed by atoms with Crippen LogP contribution in [0.4, 0.5) is 5.69 Å². The number of thiophene rings is 1. The van der Waals surface area contributed by atoms with E-state index in [2.05, 4.69) is 62.2 Å². The lowest BCUT2D eigenvalue weighted by molar-refractivity contribution is 0.641. The first-order valence-electron chi connectivity index (χ1n) is 9.07. The molecule has 0 atom stereocenters. The van der Waals surface area contributed by atoms with Gasteiger partial charge in [0.2, 0.25) is 0 Å². The van der Waals surface area contributed by atoms with E-state index in [4.69, 9.17) is 0 Å². The van der Waals surface area contributed by atoms with Gasteiger partial charge < -0.3 is 4.90 Å². The van der Waals surface area contributed by atoms with Crippen LogP contribution in [0.1, 0.15) is 19.4 Å². The lowest BCUT2D eigenvalue weighted by Crippen LogP contribution is -2.22. The molecule has 2 aromatic carbocycles. The van der Waals surface area contributed by atoms with Crippen LogP contribution in [0, 0.1) is 22.7 Å². The van der Waals surface area contributed by atoms with Crippen LogP contribution < -0.4 is 14.0 Å². The number of rotatable bonds is 1. The van der Waals surface area contributed by atoms with Crippen molar-refractivity contribution in [3.63, 3.8) is 0 Å². The lowest BCUT2D eigenvalue weighted by atomic mass is 9.84. The zero-order valence-electron chi connectivity index (χ0n) is 16.0. The Balaban J connectivity index is 1.96. The van der Waals surface area contributed by atoms with E-state index >= 15 is 0 Å². The fourth-order valence-electron chi connectivity index (χ4n) is 4.01. The van der Waals surface area contributed by atoms with Crippen molar-refractivity contribution >= 4 is 39.4 Å². The first-order chi connectivity index (χ1) is 13.5. The van der Waals surface area contributed by atoms with Crippen LogP contribution in [-0.4, -0.2) is 7.05 Å². The topological polar surface area (TPSA) is 50.8 Å². The van der Waals surface area contributed by atoms with Crippen molar-refractivity contribution in [1.82, 2.24) is 0 Å². The number of allylic oxidation sites excluding steroid dienone is 2. The highest BCUT2D eigenvalue weighted by Crippen LogP contribution is 2.46. The van der Waals surface area contributed by atoms with Gasteiger partial charge in [-0.05, 0) is 23.8 Å². The molecule has 0 amide bonds. The molecule has 1 aromatic heterocycles. The van der Waals surface area contributed by atoms with Crippen LogP contribution in [0.2, 0.25) is 0 Å². The predicted octanol–water partition coefficient (Wildman–Crippen LogP) is 4.19. The lowest BCUT2D eigenvalue weighted by Gasteiger charge is -2.23. The van der Waals surface area contributed by atoms with E-state index in [-0.39, 0.29) is 11.0 Å². The van der Waals surface area contributed by atoms with E-state index < -0.39 is 0 Å². The molecule has 2 heterocycles. The molecular formula is C24H19N3S. The average Bonchev–Trinajstić information content (AvgIpc) is 3.16. The van der Waals surface area contributed by atoms with Gasteiger partial charge in [0.25, 0.3) is 0 Å². The van der Waals surface area contributed by atoms with Gasteiger partial charge in [0.1, 0.15) is 17.7 Å². The number of para-hydroxylation sites is 1. The molecule has 0 spiro atoms. The zero-order valence-corrected chi connectivity index (χ0v) is 16.8. The van der Waals surface area contributed by atoms with Crippen molar-refractivity contribution in [2.75, 3.05) is 11.9 Å². The van der Waals surface area contributed by atoms with Crippen LogP contribution in [0.5, 0.6) is 0 Å². The molecule has 4 rings (SSSR count). The van der Waals surface area contributed by atoms with Gasteiger partial charge in [0.15, 0.2) is 0 Å². The number of anilines is 1. The summed E-state index contributed by atoms with van der Waals surface area (Å²) in [5, 5.41) is 20.7. The number of nitrogens with zero attached hydrogens (tertiary/aromatic N) is 3. The van der Waals surface area contributed by atoms with E-state index in [1.165, 1.54) is 28.3 Å². The van der Waals surface area contributed by atoms with Crippen molar-refractivity contribution in [2.24, 2.45) is 0 Å². The van der Waals surface area contributed by atoms with Gasteiger partial charge in [-0.3, -0.25) is 0 Å². The Hall–Kier alpha value is -3.34. The molecule has 0 fully saturated rings. The minimum Gasteiger partial charge on any atom is -0.347 e. The standard InChI is InChI=1S/C24H19N3S/c1-24(2)19-10-6-7-11-20(19)27(3)22(24)13-12-21-17-8-4-5-9-18(17)23(28-21)16(14-25)15-26/h4-13H,1-3H3/b21-12-,22-13-. The maximum Gasteiger partial charge on any atom is 0.147 e. The minimum atomic E-state index is -0.0890. The molecule has 0 saturated heterocycles. The molecule has 136 valence electrons. The third-order valence-corrected chi connectivity index (χ3v) is 6.64. The molecule has 1 aliphatic rings. The molecule has 1 aliphatic heterocycles. The Morgan fingerprint density at radius 3 is 2.29 bits per heavy atom. The summed E-state index contributed by atoms with van der Waals surface area (Å²) in [5.41, 5.74) is 3.84. The maximum atomic E-state index is 9.32. The van der Waals surface area contributed by atoms with Gasteiger partial charge in [0.05, 0.1) is 4.53 Å². The highest BCUT2D eigenvalue weighted by atomic mass is 32.1. The second-order valence-electron chi connectivity index (χ2n) is 7.36.